The Bertz CT molecular complexity index is 79.7. The van der Waals surface area contributed by atoms with Crippen LogP contribution in [0.15, 0.2) is 0 Å². The molecule has 1 N–H and O–H groups in total. The van der Waals surface area contributed by atoms with Crippen LogP contribution < -0.4 is 0 Å². The lowest BCUT2D eigenvalue weighted by molar-refractivity contribution is -0.114. The van der Waals surface area contributed by atoms with Crippen molar-refractivity contribution >= 4 is 23.2 Å². The topological polar surface area (TPSA) is 40.9 Å². The van der Waals surface area contributed by atoms with Crippen molar-refractivity contribution in [3.63, 3.8) is 0 Å². The third kappa shape index (κ3) is 234. The van der Waals surface area contributed by atoms with E-state index >= 15 is 0 Å². The van der Waals surface area contributed by atoms with E-state index < -0.39 is 0 Å². The molecule has 0 radical (unpaired) electrons. The van der Waals surface area contributed by atoms with Gasteiger partial charge >= 0.3 is 0 Å². The summed E-state index contributed by atoms with van der Waals surface area (Å²) >= 11 is 3.81. The first kappa shape index (κ1) is 9.69. The van der Waals surface area contributed by atoms with Gasteiger partial charge in [-0.25, -0.2) is 5.41 Å². The van der Waals surface area contributed by atoms with Crippen LogP contribution in [0.3, 0.4) is 0 Å². The molecule has 0 saturated heterocycles. The molecule has 0 saturated carbocycles. The van der Waals surface area contributed by atoms with Gasteiger partial charge in [-0.15, -0.1) is 0 Å². The molecule has 40 valence electrons. The van der Waals surface area contributed by atoms with Gasteiger partial charge in [0.25, 0.3) is 0 Å². The van der Waals surface area contributed by atoms with E-state index in [1.807, 2.05) is 0 Å². The van der Waals surface area contributed by atoms with Crippen molar-refractivity contribution in [1.82, 2.24) is 0 Å². The molecule has 0 aromatic rings. The summed E-state index contributed by atoms with van der Waals surface area (Å²) in [5.41, 5.74) is 0. The molecule has 0 aliphatic heterocycles. The largest absolute Gasteiger partial charge is 0.300 e. The molecule has 0 unspecified atom stereocenters. The van der Waals surface area contributed by atoms with Crippen molar-refractivity contribution in [2.45, 2.75) is 13.8 Å². The zero-order chi connectivity index (χ0) is 6.28. The molecular formula is C4H7NOS. The number of hydrogen-bond donors (Lipinski definition) is 1. The van der Waals surface area contributed by atoms with Gasteiger partial charge in [0.05, 0.1) is 5.16 Å². The highest BCUT2D eigenvalue weighted by atomic mass is 32.1. The Hall–Kier alpha value is -0.530. The van der Waals surface area contributed by atoms with E-state index in [2.05, 4.69) is 12.2 Å². The molecule has 0 aliphatic carbocycles. The summed E-state index contributed by atoms with van der Waals surface area (Å²) in [4.78, 5) is 9.44. The summed E-state index contributed by atoms with van der Waals surface area (Å²) in [7, 11) is 0. The van der Waals surface area contributed by atoms with Crippen molar-refractivity contribution in [2.75, 3.05) is 0 Å². The minimum Gasteiger partial charge on any atom is -0.300 e. The predicted molar refractivity (Wildman–Crippen MR) is 31.7 cm³/mol. The number of nitrogens with one attached hydrogen (secondary N) is 1. The van der Waals surface area contributed by atoms with E-state index in [9.17, 15) is 4.79 Å². The highest BCUT2D eigenvalue weighted by Crippen LogP contribution is 1.50. The molecule has 2 nitrogen and oxygen atoms in total. The van der Waals surface area contributed by atoms with Crippen LogP contribution in [0.2, 0.25) is 0 Å². The summed E-state index contributed by atoms with van der Waals surface area (Å²) in [6.45, 7) is 3.06. The van der Waals surface area contributed by atoms with E-state index in [1.165, 1.54) is 13.8 Å². The minimum atomic E-state index is 0.167. The van der Waals surface area contributed by atoms with Crippen LogP contribution in [0, 0.1) is 5.41 Å². The Balaban J connectivity index is 0. The molecule has 0 bridgehead atoms. The monoisotopic (exact) mass is 117 g/mol. The normalized spacial score (nSPS) is 4.86. The molecule has 0 aromatic carbocycles. The van der Waals surface area contributed by atoms with E-state index in [1.54, 1.807) is 5.16 Å². The first-order valence-electron chi connectivity index (χ1n) is 1.66. The number of rotatable bonds is 0. The average Bonchev–Trinajstić information content (AvgIpc) is 1.33. The van der Waals surface area contributed by atoms with Crippen LogP contribution in [-0.2, 0) is 4.79 Å². The summed E-state index contributed by atoms with van der Waals surface area (Å²) < 4.78 is 0. The van der Waals surface area contributed by atoms with Crippen molar-refractivity contribution in [3.8, 4) is 0 Å². The van der Waals surface area contributed by atoms with Gasteiger partial charge in [-0.3, -0.25) is 0 Å². The lowest BCUT2D eigenvalue weighted by Crippen LogP contribution is -1.69. The second-order valence-electron chi connectivity index (χ2n) is 1.01. The number of thiocarbonyl (C=S) groups is 1. The lowest BCUT2D eigenvalue weighted by Gasteiger charge is -1.56. The summed E-state index contributed by atoms with van der Waals surface area (Å²) in [5.74, 6) is 0.167. The van der Waals surface area contributed by atoms with Crippen molar-refractivity contribution in [1.29, 1.82) is 5.41 Å². The maximum atomic E-state index is 9.44. The highest BCUT2D eigenvalue weighted by Gasteiger charge is 1.62. The van der Waals surface area contributed by atoms with Gasteiger partial charge in [0.2, 0.25) is 0 Å². The van der Waals surface area contributed by atoms with E-state index in [-0.39, 0.29) is 5.78 Å². The number of hydrogen-bond acceptors (Lipinski definition) is 3. The number of Topliss-reactive ketones (excluding diaryl/α,β-unsaturated/α-hetero) is 1. The maximum absolute atomic E-state index is 9.44. The Morgan fingerprint density at radius 1 is 1.71 bits per heavy atom. The molecule has 0 aliphatic rings. The van der Waals surface area contributed by atoms with Crippen LogP contribution in [0.4, 0.5) is 0 Å². The molecule has 0 heterocycles. The SMILES string of the molecule is CC(C)=O.N=C=S. The van der Waals surface area contributed by atoms with Gasteiger partial charge in [0.1, 0.15) is 5.78 Å². The average molecular weight is 117 g/mol. The molecule has 0 aromatic heterocycles. The molecule has 0 amide bonds. The van der Waals surface area contributed by atoms with Gasteiger partial charge in [-0.05, 0) is 26.1 Å². The second kappa shape index (κ2) is 9.08. The van der Waals surface area contributed by atoms with Crippen LogP contribution in [0.1, 0.15) is 13.8 Å². The van der Waals surface area contributed by atoms with Crippen LogP contribution in [0.5, 0.6) is 0 Å². The minimum absolute atomic E-state index is 0.167. The third-order valence-corrected chi connectivity index (χ3v) is 0. The zero-order valence-corrected chi connectivity index (χ0v) is 5.13. The molecule has 0 rings (SSSR count). The van der Waals surface area contributed by atoms with Crippen LogP contribution in [-0.4, -0.2) is 10.9 Å². The predicted octanol–water partition coefficient (Wildman–Crippen LogP) is 1.26. The number of isothiocyanates is 1. The van der Waals surface area contributed by atoms with Gasteiger partial charge in [-0.2, -0.15) is 0 Å². The summed E-state index contributed by atoms with van der Waals surface area (Å²) in [6.07, 6.45) is 0. The Morgan fingerprint density at radius 2 is 1.71 bits per heavy atom. The molecule has 3 heteroatoms. The molecular weight excluding hydrogens is 110 g/mol. The van der Waals surface area contributed by atoms with Crippen LogP contribution in [0.25, 0.3) is 0 Å². The zero-order valence-electron chi connectivity index (χ0n) is 4.32. The molecule has 0 atom stereocenters. The fraction of sp³-hybridized carbons (Fsp3) is 0.500. The van der Waals surface area contributed by atoms with Crippen molar-refractivity contribution in [3.05, 3.63) is 0 Å². The number of carbonyl (C=O) groups is 1. The summed E-state index contributed by atoms with van der Waals surface area (Å²) in [5, 5.41) is 7.36. The van der Waals surface area contributed by atoms with Gasteiger partial charge in [-0.1, -0.05) is 0 Å². The first-order chi connectivity index (χ1) is 3.15. The van der Waals surface area contributed by atoms with Gasteiger partial charge < -0.3 is 4.79 Å². The molecule has 0 spiro atoms. The molecule has 0 fully saturated rings. The summed E-state index contributed by atoms with van der Waals surface area (Å²) in [6, 6.07) is 0. The first-order valence-corrected chi connectivity index (χ1v) is 2.07. The third-order valence-electron chi connectivity index (χ3n) is 0. The Kier molecular flexibility index (Phi) is 12.6. The molecule has 7 heavy (non-hydrogen) atoms. The Labute approximate surface area is 48.0 Å². The van der Waals surface area contributed by atoms with E-state index in [4.69, 9.17) is 5.41 Å². The number of carbonyl (C=O) groups excluding carboxylic acids is 1. The number of ketones is 1. The van der Waals surface area contributed by atoms with Gasteiger partial charge in [0.15, 0.2) is 0 Å². The quantitative estimate of drug-likeness (QED) is 0.383. The standard InChI is InChI=1S/C3H6O.CHNS/c1-3(2)4;2-1-3/h1-2H3;2H. The van der Waals surface area contributed by atoms with E-state index in [0.717, 1.165) is 0 Å². The Morgan fingerprint density at radius 3 is 1.71 bits per heavy atom. The van der Waals surface area contributed by atoms with Gasteiger partial charge in [0, 0.05) is 0 Å². The van der Waals surface area contributed by atoms with Crippen molar-refractivity contribution < 1.29 is 4.79 Å². The van der Waals surface area contributed by atoms with E-state index in [0.29, 0.717) is 0 Å². The smallest absolute Gasteiger partial charge is 0.126 e. The fourth-order valence-electron chi connectivity index (χ4n) is 0. The maximum Gasteiger partial charge on any atom is 0.126 e. The lowest BCUT2D eigenvalue weighted by atomic mass is 10.6. The van der Waals surface area contributed by atoms with Crippen LogP contribution >= 0.6 is 12.2 Å². The second-order valence-corrected chi connectivity index (χ2v) is 1.21. The highest BCUT2D eigenvalue weighted by molar-refractivity contribution is 7.78. The van der Waals surface area contributed by atoms with Crippen molar-refractivity contribution in [2.24, 2.45) is 0 Å². The fourth-order valence-corrected chi connectivity index (χ4v) is 0.